The first-order chi connectivity index (χ1) is 15.1. The van der Waals surface area contributed by atoms with Crippen molar-refractivity contribution in [3.05, 3.63) is 29.6 Å². The molecule has 0 bridgehead atoms. The molecule has 1 aromatic heterocycles. The van der Waals surface area contributed by atoms with Crippen molar-refractivity contribution in [3.63, 3.8) is 0 Å². The average molecular weight is 429 g/mol. The van der Waals surface area contributed by atoms with Crippen molar-refractivity contribution >= 4 is 0 Å². The molecular formula is C23H36N6O2. The van der Waals surface area contributed by atoms with Crippen molar-refractivity contribution in [2.45, 2.75) is 64.1 Å². The number of methoxy groups -OCH3 is 2. The van der Waals surface area contributed by atoms with Gasteiger partial charge in [0, 0.05) is 37.8 Å². The molecule has 8 heteroatoms. The minimum Gasteiger partial charge on any atom is -0.493 e. The van der Waals surface area contributed by atoms with Gasteiger partial charge in [-0.3, -0.25) is 9.80 Å². The lowest BCUT2D eigenvalue weighted by molar-refractivity contribution is 0.0611. The first-order valence-corrected chi connectivity index (χ1v) is 11.6. The molecule has 0 N–H and O–H groups in total. The van der Waals surface area contributed by atoms with Gasteiger partial charge in [0.25, 0.3) is 0 Å². The molecule has 8 nitrogen and oxygen atoms in total. The van der Waals surface area contributed by atoms with Crippen LogP contribution in [0.2, 0.25) is 0 Å². The number of hydrogen-bond donors (Lipinski definition) is 0. The monoisotopic (exact) mass is 428 g/mol. The van der Waals surface area contributed by atoms with Gasteiger partial charge in [0.1, 0.15) is 6.04 Å². The lowest BCUT2D eigenvalue weighted by atomic mass is 9.93. The van der Waals surface area contributed by atoms with Crippen LogP contribution in [0.15, 0.2) is 18.2 Å². The molecule has 1 aliphatic heterocycles. The van der Waals surface area contributed by atoms with Crippen molar-refractivity contribution in [2.75, 3.05) is 40.4 Å². The maximum Gasteiger partial charge on any atom is 0.173 e. The Morgan fingerprint density at radius 3 is 2.35 bits per heavy atom. The summed E-state index contributed by atoms with van der Waals surface area (Å²) in [5.41, 5.74) is 1.05. The summed E-state index contributed by atoms with van der Waals surface area (Å²) in [5.74, 6) is 2.34. The molecular weight excluding hydrogens is 392 g/mol. The molecule has 4 rings (SSSR count). The summed E-state index contributed by atoms with van der Waals surface area (Å²) in [7, 11) is 3.38. The minimum atomic E-state index is -0.0871. The van der Waals surface area contributed by atoms with E-state index < -0.39 is 0 Å². The third kappa shape index (κ3) is 4.55. The Kier molecular flexibility index (Phi) is 7.07. The summed E-state index contributed by atoms with van der Waals surface area (Å²) in [6.07, 6.45) is 6.83. The van der Waals surface area contributed by atoms with Crippen LogP contribution >= 0.6 is 0 Å². The van der Waals surface area contributed by atoms with Crippen molar-refractivity contribution in [3.8, 4) is 11.5 Å². The molecule has 2 heterocycles. The fraction of sp³-hybridized carbons (Fsp3) is 0.696. The van der Waals surface area contributed by atoms with Crippen LogP contribution in [0.25, 0.3) is 0 Å². The number of para-hydroxylation sites is 1. The van der Waals surface area contributed by atoms with Crippen LogP contribution < -0.4 is 9.47 Å². The summed E-state index contributed by atoms with van der Waals surface area (Å²) in [5, 5.41) is 12.8. The Morgan fingerprint density at radius 1 is 0.968 bits per heavy atom. The SMILES string of the molecule is COc1cccc(C(c2nnnn2C(C)C)N2CCN(C3CCCCC3)CC2)c1OC. The van der Waals surface area contributed by atoms with Crippen molar-refractivity contribution in [1.29, 1.82) is 0 Å². The standard InChI is InChI=1S/C23H36N6O2/c1-17(2)29-23(24-25-26-29)21(19-11-8-12-20(30-3)22(19)31-4)28-15-13-27(14-16-28)18-9-6-5-7-10-18/h8,11-12,17-18,21H,5-7,9-10,13-16H2,1-4H3. The summed E-state index contributed by atoms with van der Waals surface area (Å²) in [4.78, 5) is 5.20. The van der Waals surface area contributed by atoms with Gasteiger partial charge in [0.15, 0.2) is 17.3 Å². The highest BCUT2D eigenvalue weighted by atomic mass is 16.5. The number of benzene rings is 1. The molecule has 1 atom stereocenters. The molecule has 0 radical (unpaired) electrons. The molecule has 170 valence electrons. The lowest BCUT2D eigenvalue weighted by Gasteiger charge is -2.43. The van der Waals surface area contributed by atoms with E-state index >= 15 is 0 Å². The molecule has 1 aliphatic carbocycles. The van der Waals surface area contributed by atoms with E-state index in [4.69, 9.17) is 9.47 Å². The molecule has 2 aliphatic rings. The highest BCUT2D eigenvalue weighted by molar-refractivity contribution is 5.49. The van der Waals surface area contributed by atoms with Gasteiger partial charge in [-0.15, -0.1) is 5.10 Å². The van der Waals surface area contributed by atoms with Gasteiger partial charge in [0.05, 0.1) is 20.3 Å². The van der Waals surface area contributed by atoms with E-state index in [1.54, 1.807) is 14.2 Å². The van der Waals surface area contributed by atoms with Gasteiger partial charge in [-0.2, -0.15) is 0 Å². The van der Waals surface area contributed by atoms with Crippen LogP contribution in [0.1, 0.15) is 69.4 Å². The van der Waals surface area contributed by atoms with Crippen molar-refractivity contribution in [1.82, 2.24) is 30.0 Å². The van der Waals surface area contributed by atoms with E-state index in [0.717, 1.165) is 55.1 Å². The van der Waals surface area contributed by atoms with Gasteiger partial charge in [0.2, 0.25) is 0 Å². The van der Waals surface area contributed by atoms with E-state index in [-0.39, 0.29) is 12.1 Å². The molecule has 31 heavy (non-hydrogen) atoms. The predicted molar refractivity (Wildman–Crippen MR) is 120 cm³/mol. The second kappa shape index (κ2) is 9.96. The Labute approximate surface area is 185 Å². The molecule has 1 aromatic carbocycles. The largest absolute Gasteiger partial charge is 0.493 e. The van der Waals surface area contributed by atoms with E-state index in [9.17, 15) is 0 Å². The molecule has 1 saturated carbocycles. The number of piperazine rings is 1. The number of ether oxygens (including phenoxy) is 2. The van der Waals surface area contributed by atoms with Crippen LogP contribution in [0.5, 0.6) is 11.5 Å². The van der Waals surface area contributed by atoms with Crippen molar-refractivity contribution in [2.24, 2.45) is 0 Å². The topological polar surface area (TPSA) is 68.5 Å². The van der Waals surface area contributed by atoms with Crippen LogP contribution in [0, 0.1) is 0 Å². The number of hydrogen-bond acceptors (Lipinski definition) is 7. The van der Waals surface area contributed by atoms with Crippen molar-refractivity contribution < 1.29 is 9.47 Å². The Morgan fingerprint density at radius 2 is 1.71 bits per heavy atom. The Bertz CT molecular complexity index is 840. The number of rotatable bonds is 7. The zero-order valence-corrected chi connectivity index (χ0v) is 19.3. The Hall–Kier alpha value is -2.19. The van der Waals surface area contributed by atoms with Crippen LogP contribution in [-0.4, -0.2) is 76.4 Å². The second-order valence-electron chi connectivity index (χ2n) is 8.92. The lowest BCUT2D eigenvalue weighted by Crippen LogP contribution is -2.52. The van der Waals surface area contributed by atoms with Gasteiger partial charge >= 0.3 is 0 Å². The quantitative estimate of drug-likeness (QED) is 0.670. The highest BCUT2D eigenvalue weighted by Gasteiger charge is 2.35. The van der Waals surface area contributed by atoms with Gasteiger partial charge in [-0.05, 0) is 43.2 Å². The minimum absolute atomic E-state index is 0.0871. The normalized spacial score (nSPS) is 20.2. The summed E-state index contributed by atoms with van der Waals surface area (Å²) in [6, 6.07) is 6.90. The Balaban J connectivity index is 1.65. The average Bonchev–Trinajstić information content (AvgIpc) is 3.30. The highest BCUT2D eigenvalue weighted by Crippen LogP contribution is 2.40. The first kappa shape index (κ1) is 22.0. The first-order valence-electron chi connectivity index (χ1n) is 11.6. The molecule has 0 spiro atoms. The molecule has 1 unspecified atom stereocenters. The number of nitrogens with zero attached hydrogens (tertiary/aromatic N) is 6. The molecule has 2 fully saturated rings. The molecule has 2 aromatic rings. The zero-order valence-electron chi connectivity index (χ0n) is 19.3. The summed E-state index contributed by atoms with van der Waals surface area (Å²) in [6.45, 7) is 8.34. The third-order valence-electron chi connectivity index (χ3n) is 6.79. The van der Waals surface area contributed by atoms with E-state index in [1.807, 2.05) is 16.8 Å². The molecule has 1 saturated heterocycles. The van der Waals surface area contributed by atoms with Gasteiger partial charge in [-0.25, -0.2) is 4.68 Å². The molecule has 0 amide bonds. The van der Waals surface area contributed by atoms with Crippen LogP contribution in [0.3, 0.4) is 0 Å². The summed E-state index contributed by atoms with van der Waals surface area (Å²) < 4.78 is 13.3. The van der Waals surface area contributed by atoms with Crippen LogP contribution in [0.4, 0.5) is 0 Å². The van der Waals surface area contributed by atoms with E-state index in [2.05, 4.69) is 45.2 Å². The van der Waals surface area contributed by atoms with E-state index in [1.165, 1.54) is 32.1 Å². The van der Waals surface area contributed by atoms with Gasteiger partial charge in [-0.1, -0.05) is 31.4 Å². The number of aromatic nitrogens is 4. The maximum absolute atomic E-state index is 5.81. The van der Waals surface area contributed by atoms with Gasteiger partial charge < -0.3 is 9.47 Å². The fourth-order valence-corrected chi connectivity index (χ4v) is 5.18. The summed E-state index contributed by atoms with van der Waals surface area (Å²) >= 11 is 0. The predicted octanol–water partition coefficient (Wildman–Crippen LogP) is 3.31. The number of tetrazole rings is 1. The fourth-order valence-electron chi connectivity index (χ4n) is 5.18. The third-order valence-corrected chi connectivity index (χ3v) is 6.79. The second-order valence-corrected chi connectivity index (χ2v) is 8.92. The maximum atomic E-state index is 5.81. The zero-order chi connectivity index (χ0) is 21.8. The smallest absolute Gasteiger partial charge is 0.173 e. The van der Waals surface area contributed by atoms with E-state index in [0.29, 0.717) is 0 Å². The van der Waals surface area contributed by atoms with Crippen LogP contribution in [-0.2, 0) is 0 Å².